The molecule has 0 saturated carbocycles. The third kappa shape index (κ3) is 4.45. The van der Waals surface area contributed by atoms with Gasteiger partial charge >= 0.3 is 0 Å². The summed E-state index contributed by atoms with van der Waals surface area (Å²) < 4.78 is 11.5. The maximum Gasteiger partial charge on any atom is 0.259 e. The van der Waals surface area contributed by atoms with Crippen molar-refractivity contribution in [2.75, 3.05) is 11.9 Å². The molecule has 4 rings (SSSR count). The molecule has 1 N–H and O–H groups in total. The molecule has 0 saturated heterocycles. The van der Waals surface area contributed by atoms with Crippen molar-refractivity contribution in [3.8, 4) is 17.2 Å². The molecule has 5 nitrogen and oxygen atoms in total. The molecule has 3 aromatic carbocycles. The van der Waals surface area contributed by atoms with Crippen molar-refractivity contribution in [2.45, 2.75) is 33.1 Å². The third-order valence-corrected chi connectivity index (χ3v) is 5.08. The molecule has 5 heteroatoms. The van der Waals surface area contributed by atoms with Crippen LogP contribution in [0, 0.1) is 0 Å². The van der Waals surface area contributed by atoms with Gasteiger partial charge in [-0.3, -0.25) is 4.79 Å². The Labute approximate surface area is 182 Å². The number of para-hydroxylation sites is 1. The van der Waals surface area contributed by atoms with Gasteiger partial charge in [-0.2, -0.15) is 0 Å². The van der Waals surface area contributed by atoms with Crippen molar-refractivity contribution in [3.63, 3.8) is 0 Å². The lowest BCUT2D eigenvalue weighted by Gasteiger charge is -2.18. The standard InChI is InChI=1S/C26H26N2O3/c1-5-30-22-9-7-6-8-20(22)24(29)27-19-14-15-21-23(16-19)31-25(28-21)17-10-12-18(13-11-17)26(2,3)4/h6-16H,5H2,1-4H3,(H,27,29). The summed E-state index contributed by atoms with van der Waals surface area (Å²) in [5.74, 6) is 0.880. The number of aromatic nitrogens is 1. The minimum Gasteiger partial charge on any atom is -0.493 e. The van der Waals surface area contributed by atoms with Crippen molar-refractivity contribution in [1.82, 2.24) is 4.98 Å². The van der Waals surface area contributed by atoms with Crippen LogP contribution in [-0.4, -0.2) is 17.5 Å². The molecule has 0 spiro atoms. The summed E-state index contributed by atoms with van der Waals surface area (Å²) in [6, 6.07) is 20.9. The topological polar surface area (TPSA) is 64.4 Å². The van der Waals surface area contributed by atoms with Gasteiger partial charge in [-0.15, -0.1) is 0 Å². The van der Waals surface area contributed by atoms with Crippen LogP contribution in [0.15, 0.2) is 71.1 Å². The van der Waals surface area contributed by atoms with Crippen LogP contribution in [0.4, 0.5) is 5.69 Å². The van der Waals surface area contributed by atoms with E-state index in [1.807, 2.05) is 43.3 Å². The van der Waals surface area contributed by atoms with Crippen LogP contribution in [0.25, 0.3) is 22.6 Å². The van der Waals surface area contributed by atoms with Crippen molar-refractivity contribution in [1.29, 1.82) is 0 Å². The number of oxazole rings is 1. The summed E-state index contributed by atoms with van der Waals surface area (Å²) in [4.78, 5) is 17.3. The molecule has 0 fully saturated rings. The fraction of sp³-hybridized carbons (Fsp3) is 0.231. The van der Waals surface area contributed by atoms with Crippen LogP contribution < -0.4 is 10.1 Å². The van der Waals surface area contributed by atoms with Gasteiger partial charge < -0.3 is 14.5 Å². The van der Waals surface area contributed by atoms with Gasteiger partial charge in [0.25, 0.3) is 5.91 Å². The summed E-state index contributed by atoms with van der Waals surface area (Å²) in [6.07, 6.45) is 0. The molecule has 0 aliphatic rings. The van der Waals surface area contributed by atoms with Crippen molar-refractivity contribution in [3.05, 3.63) is 77.9 Å². The highest BCUT2D eigenvalue weighted by Crippen LogP contribution is 2.29. The number of rotatable bonds is 5. The van der Waals surface area contributed by atoms with E-state index in [4.69, 9.17) is 9.15 Å². The van der Waals surface area contributed by atoms with Gasteiger partial charge in [0, 0.05) is 17.3 Å². The van der Waals surface area contributed by atoms with E-state index >= 15 is 0 Å². The first-order valence-corrected chi connectivity index (χ1v) is 10.4. The number of hydrogen-bond acceptors (Lipinski definition) is 4. The van der Waals surface area contributed by atoms with Crippen LogP contribution in [0.2, 0.25) is 0 Å². The van der Waals surface area contributed by atoms with E-state index in [9.17, 15) is 4.79 Å². The van der Waals surface area contributed by atoms with E-state index in [0.29, 0.717) is 35.1 Å². The SMILES string of the molecule is CCOc1ccccc1C(=O)Nc1ccc2nc(-c3ccc(C(C)(C)C)cc3)oc2c1. The molecule has 0 bridgehead atoms. The zero-order valence-electron chi connectivity index (χ0n) is 18.2. The Bertz CT molecular complexity index is 1220. The quantitative estimate of drug-likeness (QED) is 0.408. The van der Waals surface area contributed by atoms with Gasteiger partial charge in [0.2, 0.25) is 5.89 Å². The normalized spacial score (nSPS) is 11.5. The Balaban J connectivity index is 1.57. The number of anilines is 1. The maximum atomic E-state index is 12.7. The number of carbonyl (C=O) groups excluding carboxylic acids is 1. The molecule has 31 heavy (non-hydrogen) atoms. The van der Waals surface area contributed by atoms with Crippen molar-refractivity contribution < 1.29 is 13.9 Å². The second-order valence-electron chi connectivity index (χ2n) is 8.41. The number of hydrogen-bond donors (Lipinski definition) is 1. The van der Waals surface area contributed by atoms with E-state index in [0.717, 1.165) is 11.1 Å². The zero-order valence-corrected chi connectivity index (χ0v) is 18.2. The van der Waals surface area contributed by atoms with E-state index in [-0.39, 0.29) is 11.3 Å². The highest BCUT2D eigenvalue weighted by Gasteiger charge is 2.16. The van der Waals surface area contributed by atoms with Gasteiger partial charge in [0.1, 0.15) is 11.3 Å². The predicted molar refractivity (Wildman–Crippen MR) is 124 cm³/mol. The van der Waals surface area contributed by atoms with E-state index in [1.165, 1.54) is 5.56 Å². The molecule has 1 amide bonds. The zero-order chi connectivity index (χ0) is 22.0. The molecular formula is C26H26N2O3. The molecule has 0 atom stereocenters. The van der Waals surface area contributed by atoms with Gasteiger partial charge in [-0.05, 0) is 54.3 Å². The third-order valence-electron chi connectivity index (χ3n) is 5.08. The second kappa shape index (κ2) is 8.26. The van der Waals surface area contributed by atoms with Gasteiger partial charge in [0.05, 0.1) is 12.2 Å². The fourth-order valence-electron chi connectivity index (χ4n) is 3.37. The number of nitrogens with zero attached hydrogens (tertiary/aromatic N) is 1. The van der Waals surface area contributed by atoms with Gasteiger partial charge in [-0.1, -0.05) is 45.0 Å². The number of amides is 1. The summed E-state index contributed by atoms with van der Waals surface area (Å²) in [7, 11) is 0. The molecule has 158 valence electrons. The number of benzene rings is 3. The smallest absolute Gasteiger partial charge is 0.259 e. The minimum absolute atomic E-state index is 0.0910. The Morgan fingerprint density at radius 2 is 1.77 bits per heavy atom. The second-order valence-corrected chi connectivity index (χ2v) is 8.41. The summed E-state index contributed by atoms with van der Waals surface area (Å²) >= 11 is 0. The average Bonchev–Trinajstić information content (AvgIpc) is 3.17. The Hall–Kier alpha value is -3.60. The molecular weight excluding hydrogens is 388 g/mol. The molecule has 0 aliphatic heterocycles. The van der Waals surface area contributed by atoms with E-state index < -0.39 is 0 Å². The summed E-state index contributed by atoms with van der Waals surface area (Å²) in [5.41, 5.74) is 4.74. The highest BCUT2D eigenvalue weighted by atomic mass is 16.5. The number of nitrogens with one attached hydrogen (secondary N) is 1. The van der Waals surface area contributed by atoms with Gasteiger partial charge in [0.15, 0.2) is 5.58 Å². The van der Waals surface area contributed by atoms with Crippen LogP contribution >= 0.6 is 0 Å². The van der Waals surface area contributed by atoms with Crippen LogP contribution in [0.1, 0.15) is 43.6 Å². The average molecular weight is 415 g/mol. The number of fused-ring (bicyclic) bond motifs is 1. The maximum absolute atomic E-state index is 12.7. The van der Waals surface area contributed by atoms with Crippen molar-refractivity contribution in [2.24, 2.45) is 0 Å². The fourth-order valence-corrected chi connectivity index (χ4v) is 3.37. The summed E-state index contributed by atoms with van der Waals surface area (Å²) in [5, 5.41) is 2.92. The van der Waals surface area contributed by atoms with E-state index in [1.54, 1.807) is 18.2 Å². The lowest BCUT2D eigenvalue weighted by atomic mass is 9.87. The lowest BCUT2D eigenvalue weighted by molar-refractivity contribution is 0.102. The monoisotopic (exact) mass is 414 g/mol. The van der Waals surface area contributed by atoms with Crippen LogP contribution in [-0.2, 0) is 5.41 Å². The van der Waals surface area contributed by atoms with Crippen LogP contribution in [0.5, 0.6) is 5.75 Å². The molecule has 1 heterocycles. The molecule has 0 radical (unpaired) electrons. The molecule has 4 aromatic rings. The number of carbonyl (C=O) groups is 1. The van der Waals surface area contributed by atoms with Crippen molar-refractivity contribution >= 4 is 22.7 Å². The minimum atomic E-state index is -0.235. The first-order chi connectivity index (χ1) is 14.8. The molecule has 1 aromatic heterocycles. The molecule has 0 aliphatic carbocycles. The largest absolute Gasteiger partial charge is 0.493 e. The summed E-state index contributed by atoms with van der Waals surface area (Å²) in [6.45, 7) is 8.94. The predicted octanol–water partition coefficient (Wildman–Crippen LogP) is 6.44. The lowest BCUT2D eigenvalue weighted by Crippen LogP contribution is -2.13. The first kappa shape index (κ1) is 20.7. The Morgan fingerprint density at radius 1 is 1.03 bits per heavy atom. The first-order valence-electron chi connectivity index (χ1n) is 10.4. The highest BCUT2D eigenvalue weighted by molar-refractivity contribution is 6.06. The Morgan fingerprint density at radius 3 is 2.48 bits per heavy atom. The molecule has 0 unspecified atom stereocenters. The number of ether oxygens (including phenoxy) is 1. The van der Waals surface area contributed by atoms with Gasteiger partial charge in [-0.25, -0.2) is 4.98 Å². The Kier molecular flexibility index (Phi) is 5.51. The van der Waals surface area contributed by atoms with Crippen LogP contribution in [0.3, 0.4) is 0 Å². The van der Waals surface area contributed by atoms with E-state index in [2.05, 4.69) is 43.2 Å².